The number of nitrogens with one attached hydrogen (secondary N) is 1. The monoisotopic (exact) mass is 397 g/mol. The van der Waals surface area contributed by atoms with Gasteiger partial charge in [-0.3, -0.25) is 9.59 Å². The number of piperazine rings is 1. The van der Waals surface area contributed by atoms with Gasteiger partial charge in [-0.25, -0.2) is 9.97 Å². The Morgan fingerprint density at radius 1 is 0.931 bits per heavy atom. The Morgan fingerprint density at radius 2 is 1.62 bits per heavy atom. The molecule has 0 aromatic carbocycles. The Kier molecular flexibility index (Phi) is 6.07. The quantitative estimate of drug-likeness (QED) is 0.798. The van der Waals surface area contributed by atoms with Gasteiger partial charge in [0, 0.05) is 32.2 Å². The van der Waals surface area contributed by atoms with E-state index in [4.69, 9.17) is 4.42 Å². The zero-order valence-electron chi connectivity index (χ0n) is 16.5. The topological polar surface area (TPSA) is 91.6 Å². The van der Waals surface area contributed by atoms with Crippen LogP contribution in [0, 0.1) is 0 Å². The maximum atomic E-state index is 12.7. The number of carbonyl (C=O) groups excluding carboxylic acids is 2. The minimum Gasteiger partial charge on any atom is -0.459 e. The van der Waals surface area contributed by atoms with Gasteiger partial charge in [0.05, 0.1) is 18.7 Å². The highest BCUT2D eigenvalue weighted by Crippen LogP contribution is 2.20. The molecule has 2 amide bonds. The lowest BCUT2D eigenvalue weighted by atomic mass is 10.1. The molecule has 1 aliphatic carbocycles. The van der Waals surface area contributed by atoms with E-state index in [1.165, 1.54) is 31.9 Å². The van der Waals surface area contributed by atoms with Gasteiger partial charge >= 0.3 is 0 Å². The molecule has 0 bridgehead atoms. The number of carbonyl (C=O) groups is 2. The van der Waals surface area contributed by atoms with Gasteiger partial charge in [-0.2, -0.15) is 0 Å². The normalized spacial score (nSPS) is 18.3. The third kappa shape index (κ3) is 4.75. The largest absolute Gasteiger partial charge is 0.459 e. The van der Waals surface area contributed by atoms with Crippen molar-refractivity contribution in [2.45, 2.75) is 44.6 Å². The van der Waals surface area contributed by atoms with E-state index in [0.717, 1.165) is 18.7 Å². The van der Waals surface area contributed by atoms with E-state index in [1.54, 1.807) is 34.3 Å². The molecule has 29 heavy (non-hydrogen) atoms. The molecule has 2 aliphatic rings. The summed E-state index contributed by atoms with van der Waals surface area (Å²) >= 11 is 0. The van der Waals surface area contributed by atoms with Crippen LogP contribution < -0.4 is 5.32 Å². The number of amides is 2. The van der Waals surface area contributed by atoms with Crippen molar-refractivity contribution in [2.24, 2.45) is 0 Å². The van der Waals surface area contributed by atoms with Crippen LogP contribution in [-0.4, -0.2) is 63.8 Å². The summed E-state index contributed by atoms with van der Waals surface area (Å²) in [6.45, 7) is 1.88. The fraction of sp³-hybridized carbons (Fsp3) is 0.524. The van der Waals surface area contributed by atoms with Crippen LogP contribution in [-0.2, 0) is 0 Å². The second kappa shape index (κ2) is 9.07. The first-order valence-electron chi connectivity index (χ1n) is 10.4. The molecule has 1 aliphatic heterocycles. The molecular formula is C21H27N5O3. The van der Waals surface area contributed by atoms with Gasteiger partial charge in [0.15, 0.2) is 5.76 Å². The van der Waals surface area contributed by atoms with E-state index in [-0.39, 0.29) is 11.8 Å². The lowest BCUT2D eigenvalue weighted by molar-refractivity contribution is 0.0515. The molecule has 0 atom stereocenters. The Bertz CT molecular complexity index is 805. The average Bonchev–Trinajstić information content (AvgIpc) is 3.19. The summed E-state index contributed by atoms with van der Waals surface area (Å²) < 4.78 is 5.17. The van der Waals surface area contributed by atoms with Crippen molar-refractivity contribution in [3.8, 4) is 0 Å². The van der Waals surface area contributed by atoms with Crippen LogP contribution in [0.3, 0.4) is 0 Å². The number of nitrogens with zero attached hydrogens (tertiary/aromatic N) is 4. The molecule has 2 fully saturated rings. The molecule has 0 radical (unpaired) electrons. The van der Waals surface area contributed by atoms with Crippen molar-refractivity contribution in [3.63, 3.8) is 0 Å². The smallest absolute Gasteiger partial charge is 0.289 e. The van der Waals surface area contributed by atoms with E-state index in [1.807, 2.05) is 0 Å². The Labute approximate surface area is 170 Å². The van der Waals surface area contributed by atoms with Crippen LogP contribution in [0.1, 0.15) is 59.6 Å². The van der Waals surface area contributed by atoms with Crippen molar-refractivity contribution in [1.82, 2.24) is 19.8 Å². The van der Waals surface area contributed by atoms with Crippen LogP contribution in [0.25, 0.3) is 0 Å². The molecule has 8 heteroatoms. The number of aromatic nitrogens is 2. The molecule has 1 saturated carbocycles. The summed E-state index contributed by atoms with van der Waals surface area (Å²) in [5.41, 5.74) is 0.335. The number of rotatable bonds is 4. The van der Waals surface area contributed by atoms with Crippen LogP contribution in [0.2, 0.25) is 0 Å². The summed E-state index contributed by atoms with van der Waals surface area (Å²) in [4.78, 5) is 37.2. The highest BCUT2D eigenvalue weighted by atomic mass is 16.3. The number of anilines is 1. The van der Waals surface area contributed by atoms with Gasteiger partial charge in [0.1, 0.15) is 11.5 Å². The van der Waals surface area contributed by atoms with Gasteiger partial charge in [-0.05, 0) is 25.0 Å². The SMILES string of the molecule is O=C(c1cnc(NC2CCCCCC2)cn1)N1CCN(C(=O)c2ccco2)CC1. The molecule has 154 valence electrons. The Balaban J connectivity index is 1.30. The van der Waals surface area contributed by atoms with Crippen molar-refractivity contribution < 1.29 is 14.0 Å². The second-order valence-corrected chi connectivity index (χ2v) is 7.68. The average molecular weight is 397 g/mol. The first kappa shape index (κ1) is 19.4. The molecule has 0 spiro atoms. The first-order chi connectivity index (χ1) is 14.2. The molecule has 0 unspecified atom stereocenters. The number of furan rings is 1. The fourth-order valence-electron chi connectivity index (χ4n) is 3.98. The van der Waals surface area contributed by atoms with Crippen LogP contribution >= 0.6 is 0 Å². The highest BCUT2D eigenvalue weighted by Gasteiger charge is 2.27. The predicted molar refractivity (Wildman–Crippen MR) is 108 cm³/mol. The molecule has 1 saturated heterocycles. The predicted octanol–water partition coefficient (Wildman–Crippen LogP) is 2.80. The van der Waals surface area contributed by atoms with Crippen molar-refractivity contribution >= 4 is 17.6 Å². The molecule has 1 N–H and O–H groups in total. The summed E-state index contributed by atoms with van der Waals surface area (Å²) in [7, 11) is 0. The van der Waals surface area contributed by atoms with Gasteiger partial charge in [-0.1, -0.05) is 25.7 Å². The first-order valence-corrected chi connectivity index (χ1v) is 10.4. The maximum absolute atomic E-state index is 12.7. The van der Waals surface area contributed by atoms with Gasteiger partial charge < -0.3 is 19.5 Å². The van der Waals surface area contributed by atoms with Crippen molar-refractivity contribution in [2.75, 3.05) is 31.5 Å². The van der Waals surface area contributed by atoms with Crippen molar-refractivity contribution in [1.29, 1.82) is 0 Å². The van der Waals surface area contributed by atoms with Gasteiger partial charge in [-0.15, -0.1) is 0 Å². The Morgan fingerprint density at radius 3 is 2.21 bits per heavy atom. The molecule has 2 aromatic rings. The fourth-order valence-corrected chi connectivity index (χ4v) is 3.98. The van der Waals surface area contributed by atoms with Crippen LogP contribution in [0.4, 0.5) is 5.82 Å². The van der Waals surface area contributed by atoms with E-state index < -0.39 is 0 Å². The second-order valence-electron chi connectivity index (χ2n) is 7.68. The third-order valence-electron chi connectivity index (χ3n) is 5.66. The summed E-state index contributed by atoms with van der Waals surface area (Å²) in [6.07, 6.45) is 12.1. The Hall–Kier alpha value is -2.90. The zero-order chi connectivity index (χ0) is 20.1. The van der Waals surface area contributed by atoms with Gasteiger partial charge in [0.2, 0.25) is 0 Å². The van der Waals surface area contributed by atoms with Crippen molar-refractivity contribution in [3.05, 3.63) is 42.2 Å². The summed E-state index contributed by atoms with van der Waals surface area (Å²) in [6, 6.07) is 3.79. The van der Waals surface area contributed by atoms with E-state index in [2.05, 4.69) is 15.3 Å². The molecule has 8 nitrogen and oxygen atoms in total. The third-order valence-corrected chi connectivity index (χ3v) is 5.66. The van der Waals surface area contributed by atoms with E-state index in [9.17, 15) is 9.59 Å². The van der Waals surface area contributed by atoms with E-state index >= 15 is 0 Å². The maximum Gasteiger partial charge on any atom is 0.289 e. The molecule has 4 rings (SSSR count). The standard InChI is InChI=1S/C21H27N5O3/c27-20(25-9-11-26(12-10-25)21(28)18-8-5-13-29-18)17-14-23-19(15-22-17)24-16-6-3-1-2-4-7-16/h5,8,13-16H,1-4,6-7,9-12H2,(H,23,24). The van der Waals surface area contributed by atoms with Gasteiger partial charge in [0.25, 0.3) is 11.8 Å². The van der Waals surface area contributed by atoms with Crippen LogP contribution in [0.5, 0.6) is 0 Å². The highest BCUT2D eigenvalue weighted by molar-refractivity contribution is 5.93. The lowest BCUT2D eigenvalue weighted by Crippen LogP contribution is -2.50. The summed E-state index contributed by atoms with van der Waals surface area (Å²) in [5.74, 6) is 0.758. The molecule has 3 heterocycles. The minimum atomic E-state index is -0.149. The lowest BCUT2D eigenvalue weighted by Gasteiger charge is -2.34. The van der Waals surface area contributed by atoms with Crippen LogP contribution in [0.15, 0.2) is 35.2 Å². The number of hydrogen-bond acceptors (Lipinski definition) is 6. The summed E-state index contributed by atoms with van der Waals surface area (Å²) in [5, 5.41) is 3.45. The molecule has 2 aromatic heterocycles. The van der Waals surface area contributed by atoms with E-state index in [0.29, 0.717) is 43.7 Å². The number of hydrogen-bond donors (Lipinski definition) is 1. The minimum absolute atomic E-state index is 0.143. The molecular weight excluding hydrogens is 370 g/mol. The zero-order valence-corrected chi connectivity index (χ0v) is 16.5.